The first-order valence-corrected chi connectivity index (χ1v) is 7.30. The highest BCUT2D eigenvalue weighted by Crippen LogP contribution is 2.17. The number of carboxylic acid groups (broad SMARTS) is 1. The highest BCUT2D eigenvalue weighted by atomic mass is 16.5. The van der Waals surface area contributed by atoms with Gasteiger partial charge in [0.25, 0.3) is 5.91 Å². The van der Waals surface area contributed by atoms with E-state index in [1.165, 1.54) is 14.0 Å². The molecule has 0 aliphatic rings. The number of ether oxygens (including phenoxy) is 3. The molecular formula is C16H23NO6. The largest absolute Gasteiger partial charge is 0.494 e. The number of nitrogens with one attached hydrogen (secondary N) is 1. The summed E-state index contributed by atoms with van der Waals surface area (Å²) < 4.78 is 15.6. The van der Waals surface area contributed by atoms with Gasteiger partial charge < -0.3 is 24.6 Å². The van der Waals surface area contributed by atoms with Gasteiger partial charge in [-0.15, -0.1) is 0 Å². The zero-order valence-corrected chi connectivity index (χ0v) is 13.6. The third-order valence-electron chi connectivity index (χ3n) is 2.99. The standard InChI is InChI=1S/C16H23NO6/c1-4-9-22-12-5-7-13(8-6-12)23-10-14(18)17-16(2,11-21-3)15(19)20/h5-8H,4,9-11H2,1-3H3,(H,17,18)(H,19,20). The molecule has 128 valence electrons. The van der Waals surface area contributed by atoms with Crippen LogP contribution in [0.25, 0.3) is 0 Å². The van der Waals surface area contributed by atoms with Crippen molar-refractivity contribution >= 4 is 11.9 Å². The van der Waals surface area contributed by atoms with Gasteiger partial charge in [0.2, 0.25) is 0 Å². The minimum atomic E-state index is -1.49. The molecule has 1 unspecified atom stereocenters. The summed E-state index contributed by atoms with van der Waals surface area (Å²) >= 11 is 0. The van der Waals surface area contributed by atoms with Crippen LogP contribution in [0.15, 0.2) is 24.3 Å². The Morgan fingerprint density at radius 1 is 1.17 bits per heavy atom. The summed E-state index contributed by atoms with van der Waals surface area (Å²) in [5, 5.41) is 11.5. The van der Waals surface area contributed by atoms with E-state index in [0.717, 1.165) is 12.2 Å². The van der Waals surface area contributed by atoms with Crippen LogP contribution >= 0.6 is 0 Å². The number of carbonyl (C=O) groups excluding carboxylic acids is 1. The average molecular weight is 325 g/mol. The molecule has 7 heteroatoms. The molecule has 1 amide bonds. The maximum Gasteiger partial charge on any atom is 0.331 e. The molecule has 0 spiro atoms. The van der Waals surface area contributed by atoms with Gasteiger partial charge in [-0.2, -0.15) is 0 Å². The number of carbonyl (C=O) groups is 2. The van der Waals surface area contributed by atoms with Gasteiger partial charge in [0.1, 0.15) is 11.5 Å². The van der Waals surface area contributed by atoms with E-state index < -0.39 is 17.4 Å². The molecule has 1 aromatic carbocycles. The van der Waals surface area contributed by atoms with Crippen LogP contribution in [0.2, 0.25) is 0 Å². The van der Waals surface area contributed by atoms with Crippen molar-refractivity contribution in [3.05, 3.63) is 24.3 Å². The summed E-state index contributed by atoms with van der Waals surface area (Å²) in [4.78, 5) is 23.0. The molecule has 1 aromatic rings. The summed E-state index contributed by atoms with van der Waals surface area (Å²) in [6.07, 6.45) is 0.919. The van der Waals surface area contributed by atoms with Crippen molar-refractivity contribution in [2.24, 2.45) is 0 Å². The summed E-state index contributed by atoms with van der Waals surface area (Å²) in [6, 6.07) is 6.86. The zero-order chi connectivity index (χ0) is 17.3. The van der Waals surface area contributed by atoms with Crippen LogP contribution < -0.4 is 14.8 Å². The molecule has 1 rings (SSSR count). The molecule has 0 aliphatic carbocycles. The Kier molecular flexibility index (Phi) is 7.34. The van der Waals surface area contributed by atoms with Crippen molar-refractivity contribution in [3.63, 3.8) is 0 Å². The van der Waals surface area contributed by atoms with Gasteiger partial charge in [-0.25, -0.2) is 4.79 Å². The number of hydrogen-bond donors (Lipinski definition) is 2. The minimum Gasteiger partial charge on any atom is -0.494 e. The predicted octanol–water partition coefficient (Wildman–Crippen LogP) is 1.46. The zero-order valence-electron chi connectivity index (χ0n) is 13.6. The first-order chi connectivity index (χ1) is 10.9. The second-order valence-electron chi connectivity index (χ2n) is 5.23. The van der Waals surface area contributed by atoms with Crippen LogP contribution in [-0.4, -0.2) is 49.5 Å². The lowest BCUT2D eigenvalue weighted by molar-refractivity contribution is -0.149. The topological polar surface area (TPSA) is 94.1 Å². The molecule has 0 saturated carbocycles. The fraction of sp³-hybridized carbons (Fsp3) is 0.500. The molecule has 23 heavy (non-hydrogen) atoms. The van der Waals surface area contributed by atoms with E-state index >= 15 is 0 Å². The summed E-state index contributed by atoms with van der Waals surface area (Å²) in [6.45, 7) is 3.59. The molecule has 0 aromatic heterocycles. The van der Waals surface area contributed by atoms with E-state index in [2.05, 4.69) is 5.32 Å². The highest BCUT2D eigenvalue weighted by molar-refractivity contribution is 5.87. The van der Waals surface area contributed by atoms with Crippen molar-refractivity contribution in [1.29, 1.82) is 0 Å². The van der Waals surface area contributed by atoms with E-state index in [4.69, 9.17) is 19.3 Å². The molecular weight excluding hydrogens is 302 g/mol. The molecule has 0 heterocycles. The minimum absolute atomic E-state index is 0.141. The maximum absolute atomic E-state index is 11.8. The number of hydrogen-bond acceptors (Lipinski definition) is 5. The lowest BCUT2D eigenvalue weighted by atomic mass is 10.0. The number of carboxylic acids is 1. The van der Waals surface area contributed by atoms with Gasteiger partial charge in [-0.3, -0.25) is 4.79 Å². The maximum atomic E-state index is 11.8. The molecule has 1 atom stereocenters. The van der Waals surface area contributed by atoms with Gasteiger partial charge in [-0.05, 0) is 37.6 Å². The van der Waals surface area contributed by atoms with Gasteiger partial charge in [0.05, 0.1) is 13.2 Å². The monoisotopic (exact) mass is 325 g/mol. The number of methoxy groups -OCH3 is 1. The van der Waals surface area contributed by atoms with Crippen LogP contribution in [0.3, 0.4) is 0 Å². The summed E-state index contributed by atoms with van der Waals surface area (Å²) in [7, 11) is 1.37. The van der Waals surface area contributed by atoms with Crippen LogP contribution in [0.1, 0.15) is 20.3 Å². The molecule has 2 N–H and O–H groups in total. The second-order valence-corrected chi connectivity index (χ2v) is 5.23. The summed E-state index contributed by atoms with van der Waals surface area (Å²) in [5.74, 6) is -0.502. The fourth-order valence-corrected chi connectivity index (χ4v) is 1.78. The molecule has 0 bridgehead atoms. The van der Waals surface area contributed by atoms with E-state index in [0.29, 0.717) is 12.4 Å². The second kappa shape index (κ2) is 8.99. The van der Waals surface area contributed by atoms with Gasteiger partial charge in [0.15, 0.2) is 12.1 Å². The molecule has 0 saturated heterocycles. The molecule has 7 nitrogen and oxygen atoms in total. The lowest BCUT2D eigenvalue weighted by Gasteiger charge is -2.25. The Bertz CT molecular complexity index is 516. The Balaban J connectivity index is 2.50. The Labute approximate surface area is 135 Å². The van der Waals surface area contributed by atoms with E-state index in [1.54, 1.807) is 24.3 Å². The number of benzene rings is 1. The first-order valence-electron chi connectivity index (χ1n) is 7.30. The van der Waals surface area contributed by atoms with E-state index in [-0.39, 0.29) is 13.2 Å². The third-order valence-corrected chi connectivity index (χ3v) is 2.99. The Hall–Kier alpha value is -2.28. The van der Waals surface area contributed by atoms with Crippen molar-refractivity contribution in [2.45, 2.75) is 25.8 Å². The van der Waals surface area contributed by atoms with E-state index in [1.807, 2.05) is 6.92 Å². The van der Waals surface area contributed by atoms with Gasteiger partial charge >= 0.3 is 5.97 Å². The van der Waals surface area contributed by atoms with Gasteiger partial charge in [0, 0.05) is 7.11 Å². The number of amides is 1. The molecule has 0 aliphatic heterocycles. The lowest BCUT2D eigenvalue weighted by Crippen LogP contribution is -2.56. The van der Waals surface area contributed by atoms with Crippen LogP contribution in [0, 0.1) is 0 Å². The predicted molar refractivity (Wildman–Crippen MR) is 83.8 cm³/mol. The van der Waals surface area contributed by atoms with Crippen molar-refractivity contribution < 1.29 is 28.9 Å². The van der Waals surface area contributed by atoms with Crippen molar-refractivity contribution in [3.8, 4) is 11.5 Å². The fourth-order valence-electron chi connectivity index (χ4n) is 1.78. The highest BCUT2D eigenvalue weighted by Gasteiger charge is 2.35. The first kappa shape index (κ1) is 18.8. The number of aliphatic carboxylic acids is 1. The average Bonchev–Trinajstić information content (AvgIpc) is 2.52. The van der Waals surface area contributed by atoms with Crippen LogP contribution in [-0.2, 0) is 14.3 Å². The normalized spacial score (nSPS) is 13.0. The van der Waals surface area contributed by atoms with Crippen LogP contribution in [0.4, 0.5) is 0 Å². The SMILES string of the molecule is CCCOc1ccc(OCC(=O)NC(C)(COC)C(=O)O)cc1. The Morgan fingerprint density at radius 2 is 1.74 bits per heavy atom. The molecule has 0 fully saturated rings. The van der Waals surface area contributed by atoms with Crippen LogP contribution in [0.5, 0.6) is 11.5 Å². The van der Waals surface area contributed by atoms with Crippen molar-refractivity contribution in [2.75, 3.05) is 26.9 Å². The van der Waals surface area contributed by atoms with Gasteiger partial charge in [-0.1, -0.05) is 6.92 Å². The smallest absolute Gasteiger partial charge is 0.331 e. The summed E-state index contributed by atoms with van der Waals surface area (Å²) in [5.41, 5.74) is -1.49. The third kappa shape index (κ3) is 6.15. The Morgan fingerprint density at radius 3 is 2.22 bits per heavy atom. The quantitative estimate of drug-likeness (QED) is 0.676. The number of rotatable bonds is 10. The van der Waals surface area contributed by atoms with E-state index in [9.17, 15) is 9.59 Å². The molecule has 0 radical (unpaired) electrons. The van der Waals surface area contributed by atoms with Crippen molar-refractivity contribution in [1.82, 2.24) is 5.32 Å².